The number of hydroxylamine groups is 1. The Balaban J connectivity index is 1.33. The molecular weight excluding hydrogens is 727 g/mol. The van der Waals surface area contributed by atoms with Crippen molar-refractivity contribution in [3.63, 3.8) is 0 Å². The van der Waals surface area contributed by atoms with E-state index in [0.717, 1.165) is 30.8 Å². The van der Waals surface area contributed by atoms with E-state index >= 15 is 0 Å². The topological polar surface area (TPSA) is 193 Å². The van der Waals surface area contributed by atoms with E-state index in [-0.39, 0.29) is 31.5 Å². The van der Waals surface area contributed by atoms with Gasteiger partial charge in [0.05, 0.1) is 24.9 Å². The first-order valence-corrected chi connectivity index (χ1v) is 19.6. The number of benzene rings is 1. The van der Waals surface area contributed by atoms with Crippen molar-refractivity contribution in [2.75, 3.05) is 19.0 Å². The van der Waals surface area contributed by atoms with Crippen molar-refractivity contribution in [3.05, 3.63) is 42.3 Å². The number of nitrogens with zero attached hydrogens (tertiary/aromatic N) is 3. The van der Waals surface area contributed by atoms with E-state index in [9.17, 15) is 24.4 Å². The number of pyridine rings is 1. The number of methoxy groups -OCH3 is 1. The van der Waals surface area contributed by atoms with Crippen molar-refractivity contribution in [2.24, 2.45) is 11.3 Å². The summed E-state index contributed by atoms with van der Waals surface area (Å²) < 4.78 is 17.9. The molecule has 6 rings (SSSR count). The molecule has 1 aromatic carbocycles. The van der Waals surface area contributed by atoms with Gasteiger partial charge in [0.2, 0.25) is 11.8 Å². The van der Waals surface area contributed by atoms with Crippen molar-refractivity contribution >= 4 is 51.2 Å². The minimum absolute atomic E-state index is 0.0125. The molecule has 5 N–H and O–H groups in total. The first-order chi connectivity index (χ1) is 26.1. The van der Waals surface area contributed by atoms with Crippen molar-refractivity contribution in [2.45, 2.75) is 109 Å². The van der Waals surface area contributed by atoms with E-state index in [1.54, 1.807) is 36.9 Å². The number of alkyl carbamates (subject to hydrolysis) is 1. The van der Waals surface area contributed by atoms with Crippen LogP contribution < -0.4 is 30.9 Å². The molecule has 16 heteroatoms. The third-order valence-corrected chi connectivity index (χ3v) is 11.2. The quantitative estimate of drug-likeness (QED) is 0.0872. The Hall–Kier alpha value is -4.96. The van der Waals surface area contributed by atoms with Gasteiger partial charge in [-0.2, -0.15) is 0 Å². The highest BCUT2D eigenvalue weighted by Crippen LogP contribution is 2.45. The lowest BCUT2D eigenvalue weighted by Crippen LogP contribution is -2.60. The van der Waals surface area contributed by atoms with E-state index in [0.29, 0.717) is 33.8 Å². The predicted octanol–water partition coefficient (Wildman–Crippen LogP) is 5.19. The molecule has 2 saturated carbocycles. The van der Waals surface area contributed by atoms with Gasteiger partial charge >= 0.3 is 6.09 Å². The molecule has 55 heavy (non-hydrogen) atoms. The van der Waals surface area contributed by atoms with Crippen LogP contribution in [0.5, 0.6) is 11.5 Å². The third-order valence-electron chi connectivity index (χ3n) is 10.4. The molecule has 0 spiro atoms. The van der Waals surface area contributed by atoms with E-state index in [4.69, 9.17) is 24.2 Å². The molecule has 0 radical (unpaired) electrons. The van der Waals surface area contributed by atoms with Crippen molar-refractivity contribution in [1.82, 2.24) is 31.0 Å². The zero-order valence-corrected chi connectivity index (χ0v) is 33.0. The highest BCUT2D eigenvalue weighted by molar-refractivity contribution is 7.14. The number of aromatic nitrogens is 2. The van der Waals surface area contributed by atoms with Crippen LogP contribution in [0.25, 0.3) is 22.3 Å². The fourth-order valence-corrected chi connectivity index (χ4v) is 8.20. The number of carbonyl (C=O) groups excluding carboxylic acids is 4. The van der Waals surface area contributed by atoms with Gasteiger partial charge in [0.1, 0.15) is 47.0 Å². The van der Waals surface area contributed by atoms with Crippen molar-refractivity contribution in [3.8, 4) is 22.9 Å². The van der Waals surface area contributed by atoms with E-state index in [1.165, 1.54) is 16.2 Å². The minimum atomic E-state index is -1.42. The number of nitrogens with one attached hydrogen (secondary N) is 4. The van der Waals surface area contributed by atoms with Gasteiger partial charge in [0.25, 0.3) is 5.91 Å². The van der Waals surface area contributed by atoms with Gasteiger partial charge in [-0.25, -0.2) is 20.2 Å². The molecule has 3 aliphatic rings. The van der Waals surface area contributed by atoms with Crippen LogP contribution in [0.4, 0.5) is 9.93 Å². The molecule has 3 fully saturated rings. The van der Waals surface area contributed by atoms with Crippen LogP contribution in [-0.4, -0.2) is 93.4 Å². The molecule has 4 amide bonds. The lowest BCUT2D eigenvalue weighted by atomic mass is 9.85. The first-order valence-electron chi connectivity index (χ1n) is 18.7. The van der Waals surface area contributed by atoms with Gasteiger partial charge in [-0.3, -0.25) is 19.6 Å². The van der Waals surface area contributed by atoms with Crippen LogP contribution >= 0.6 is 11.3 Å². The molecule has 3 aromatic rings. The monoisotopic (exact) mass is 777 g/mol. The van der Waals surface area contributed by atoms with Crippen LogP contribution in [0.1, 0.15) is 73.1 Å². The Morgan fingerprint density at radius 3 is 2.47 bits per heavy atom. The first kappa shape index (κ1) is 39.7. The molecule has 0 bridgehead atoms. The number of fused-ring (bicyclic) bond motifs is 1. The largest absolute Gasteiger partial charge is 0.497 e. The number of carbonyl (C=O) groups is 4. The fraction of sp³-hybridized carbons (Fsp3) is 0.538. The summed E-state index contributed by atoms with van der Waals surface area (Å²) in [5, 5.41) is 21.8. The second-order valence-corrected chi connectivity index (χ2v) is 16.8. The summed E-state index contributed by atoms with van der Waals surface area (Å²) in [7, 11) is 1.57. The molecule has 15 nitrogen and oxygen atoms in total. The zero-order valence-electron chi connectivity index (χ0n) is 32.1. The Morgan fingerprint density at radius 2 is 1.84 bits per heavy atom. The highest BCUT2D eigenvalue weighted by Gasteiger charge is 2.61. The number of hydrogen-bond donors (Lipinski definition) is 5. The number of hydrogen-bond acceptors (Lipinski definition) is 12. The number of thiazole rings is 1. The van der Waals surface area contributed by atoms with Crippen LogP contribution in [0.3, 0.4) is 0 Å². The van der Waals surface area contributed by atoms with Crippen LogP contribution in [-0.2, 0) is 19.1 Å². The molecule has 296 valence electrons. The molecule has 2 aromatic heterocycles. The van der Waals surface area contributed by atoms with Crippen LogP contribution in [0, 0.1) is 11.3 Å². The van der Waals surface area contributed by atoms with Crippen LogP contribution in [0.15, 0.2) is 42.3 Å². The highest BCUT2D eigenvalue weighted by atomic mass is 32.1. The maximum absolute atomic E-state index is 14.6. The lowest BCUT2D eigenvalue weighted by Gasteiger charge is -2.35. The standard InChI is InChI=1S/C39H51N7O8S/c1-8-22-18-39(22,35(49)45-51)44-33(47)30-16-25(19-46(30)34(48)32(38(4,5)6)43-37(50)54-23-11-9-10-12-23)53-31-17-28(29-20-55-36(42-29)40-21(2)3)41-27-15-24(52-7)13-14-26(27)31/h8,13-15,17,20-23,25,30,32,51H,1,9-12,16,18-19H2,2-7H3,(H,40,42)(H,43,50)(H,44,47)(H,45,49)/t22-,25-,30+,32-,39-/m1/s1. The van der Waals surface area contributed by atoms with E-state index in [2.05, 4.69) is 22.5 Å². The second kappa shape index (κ2) is 16.0. The maximum Gasteiger partial charge on any atom is 0.408 e. The molecular formula is C39H51N7O8S. The van der Waals surface area contributed by atoms with Gasteiger partial charge in [-0.05, 0) is 63.5 Å². The average molecular weight is 778 g/mol. The maximum atomic E-state index is 14.6. The Labute approximate surface area is 324 Å². The van der Waals surface area contributed by atoms with Crippen molar-refractivity contribution in [1.29, 1.82) is 0 Å². The SMILES string of the molecule is C=C[C@@H]1C[C@]1(NC(=O)[C@@H]1C[C@@H](Oc2cc(-c3csc(NC(C)C)n3)nc3cc(OC)ccc23)CN1C(=O)[C@@H](NC(=O)OC1CCCC1)C(C)(C)C)C(=O)NO. The number of ether oxygens (including phenoxy) is 3. The van der Waals surface area contributed by atoms with Crippen molar-refractivity contribution < 1.29 is 38.6 Å². The normalized spacial score (nSPS) is 22.9. The smallest absolute Gasteiger partial charge is 0.408 e. The Kier molecular flexibility index (Phi) is 11.6. The van der Waals surface area contributed by atoms with Gasteiger partial charge in [-0.1, -0.05) is 26.8 Å². The van der Waals surface area contributed by atoms with Crippen LogP contribution in [0.2, 0.25) is 0 Å². The molecule has 5 atom stereocenters. The molecule has 0 unspecified atom stereocenters. The summed E-state index contributed by atoms with van der Waals surface area (Å²) in [4.78, 5) is 65.8. The predicted molar refractivity (Wildman–Crippen MR) is 207 cm³/mol. The number of rotatable bonds is 13. The summed E-state index contributed by atoms with van der Waals surface area (Å²) in [5.41, 5.74) is 1.25. The summed E-state index contributed by atoms with van der Waals surface area (Å²) >= 11 is 1.46. The molecule has 3 heterocycles. The minimum Gasteiger partial charge on any atom is -0.497 e. The Morgan fingerprint density at radius 1 is 1.09 bits per heavy atom. The second-order valence-electron chi connectivity index (χ2n) is 15.9. The average Bonchev–Trinajstić information content (AvgIpc) is 3.56. The fourth-order valence-electron chi connectivity index (χ4n) is 7.35. The molecule has 1 saturated heterocycles. The molecule has 2 aliphatic carbocycles. The van der Waals surface area contributed by atoms with Gasteiger partial charge in [0, 0.05) is 41.3 Å². The molecule has 1 aliphatic heterocycles. The number of anilines is 1. The van der Waals surface area contributed by atoms with E-state index in [1.807, 2.05) is 46.1 Å². The van der Waals surface area contributed by atoms with E-state index < -0.39 is 58.9 Å². The van der Waals surface area contributed by atoms with Gasteiger partial charge < -0.3 is 35.1 Å². The number of amides is 4. The van der Waals surface area contributed by atoms with Gasteiger partial charge in [-0.15, -0.1) is 17.9 Å². The zero-order chi connectivity index (χ0) is 39.7. The third kappa shape index (κ3) is 8.64. The summed E-state index contributed by atoms with van der Waals surface area (Å²) in [6, 6.07) is 5.25. The van der Waals surface area contributed by atoms with Gasteiger partial charge in [0.15, 0.2) is 5.13 Å². The Bertz CT molecular complexity index is 1940. The summed E-state index contributed by atoms with van der Waals surface area (Å²) in [6.45, 7) is 13.3. The number of likely N-dealkylation sites (tertiary alicyclic amines) is 1. The summed E-state index contributed by atoms with van der Waals surface area (Å²) in [5.74, 6) is -1.25. The summed E-state index contributed by atoms with van der Waals surface area (Å²) in [6.07, 6.45) is 3.69. The lowest BCUT2D eigenvalue weighted by molar-refractivity contribution is -0.143.